The summed E-state index contributed by atoms with van der Waals surface area (Å²) in [4.78, 5) is 12.4. The average molecular weight is 277 g/mol. The summed E-state index contributed by atoms with van der Waals surface area (Å²) in [5, 5.41) is 12.9. The fourth-order valence-electron chi connectivity index (χ4n) is 2.32. The molecule has 1 rings (SSSR count). The van der Waals surface area contributed by atoms with Crippen molar-refractivity contribution >= 4 is 5.91 Å². The summed E-state index contributed by atoms with van der Waals surface area (Å²) in [6, 6.07) is 0. The van der Waals surface area contributed by atoms with Gasteiger partial charge in [-0.3, -0.25) is 4.79 Å². The summed E-state index contributed by atoms with van der Waals surface area (Å²) in [7, 11) is 0. The molecule has 1 amide bonds. The fourth-order valence-corrected chi connectivity index (χ4v) is 2.32. The standard InChI is InChI=1S/C17H27NO2/c1-8-17(7,20)9-18-16(19)15-13(5)11(3)10(2)12(4)14(15)6/h20H,8-9H2,1-7H3,(H,18,19). The van der Waals surface area contributed by atoms with Crippen molar-refractivity contribution < 1.29 is 9.90 Å². The van der Waals surface area contributed by atoms with Gasteiger partial charge in [0.05, 0.1) is 5.60 Å². The van der Waals surface area contributed by atoms with Crippen molar-refractivity contribution in [3.8, 4) is 0 Å². The van der Waals surface area contributed by atoms with Crippen molar-refractivity contribution in [3.05, 3.63) is 33.4 Å². The molecule has 3 nitrogen and oxygen atoms in total. The number of nitrogens with one attached hydrogen (secondary N) is 1. The number of carbonyl (C=O) groups is 1. The highest BCUT2D eigenvalue weighted by Crippen LogP contribution is 2.26. The lowest BCUT2D eigenvalue weighted by Gasteiger charge is -2.23. The molecule has 1 unspecified atom stereocenters. The van der Waals surface area contributed by atoms with E-state index in [0.717, 1.165) is 16.7 Å². The number of benzene rings is 1. The van der Waals surface area contributed by atoms with Crippen LogP contribution in [-0.2, 0) is 0 Å². The Morgan fingerprint density at radius 2 is 1.40 bits per heavy atom. The number of amides is 1. The first-order valence-corrected chi connectivity index (χ1v) is 7.20. The van der Waals surface area contributed by atoms with Crippen molar-refractivity contribution in [2.75, 3.05) is 6.54 Å². The Hall–Kier alpha value is -1.35. The normalized spacial score (nSPS) is 14.0. The van der Waals surface area contributed by atoms with Crippen molar-refractivity contribution in [1.29, 1.82) is 0 Å². The Morgan fingerprint density at radius 1 is 1.00 bits per heavy atom. The Balaban J connectivity index is 3.12. The minimum atomic E-state index is -0.855. The summed E-state index contributed by atoms with van der Waals surface area (Å²) >= 11 is 0. The summed E-state index contributed by atoms with van der Waals surface area (Å²) in [5.74, 6) is -0.0973. The molecule has 0 saturated carbocycles. The molecule has 0 spiro atoms. The smallest absolute Gasteiger partial charge is 0.251 e. The van der Waals surface area contributed by atoms with Gasteiger partial charge in [0, 0.05) is 12.1 Å². The lowest BCUT2D eigenvalue weighted by atomic mass is 9.89. The van der Waals surface area contributed by atoms with Gasteiger partial charge in [-0.05, 0) is 75.8 Å². The zero-order valence-electron chi connectivity index (χ0n) is 13.8. The molecule has 0 aliphatic carbocycles. The molecule has 1 aromatic rings. The van der Waals surface area contributed by atoms with Gasteiger partial charge in [-0.15, -0.1) is 0 Å². The predicted octanol–water partition coefficient (Wildman–Crippen LogP) is 3.12. The predicted molar refractivity (Wildman–Crippen MR) is 83.4 cm³/mol. The molecule has 0 fully saturated rings. The van der Waals surface area contributed by atoms with Gasteiger partial charge in [-0.1, -0.05) is 6.92 Å². The Morgan fingerprint density at radius 3 is 1.80 bits per heavy atom. The minimum Gasteiger partial charge on any atom is -0.388 e. The highest BCUT2D eigenvalue weighted by atomic mass is 16.3. The van der Waals surface area contributed by atoms with Gasteiger partial charge in [-0.2, -0.15) is 0 Å². The fraction of sp³-hybridized carbons (Fsp3) is 0.588. The zero-order chi connectivity index (χ0) is 15.7. The maximum Gasteiger partial charge on any atom is 0.251 e. The van der Waals surface area contributed by atoms with Crippen LogP contribution in [0.1, 0.15) is 58.4 Å². The second-order valence-corrected chi connectivity index (χ2v) is 6.03. The van der Waals surface area contributed by atoms with E-state index >= 15 is 0 Å². The Kier molecular flexibility index (Phi) is 4.98. The van der Waals surface area contributed by atoms with Gasteiger partial charge in [0.15, 0.2) is 0 Å². The van der Waals surface area contributed by atoms with Crippen LogP contribution >= 0.6 is 0 Å². The largest absolute Gasteiger partial charge is 0.388 e. The topological polar surface area (TPSA) is 49.3 Å². The van der Waals surface area contributed by atoms with Crippen LogP contribution in [0.25, 0.3) is 0 Å². The SMILES string of the molecule is CCC(C)(O)CNC(=O)c1c(C)c(C)c(C)c(C)c1C. The number of hydrogen-bond acceptors (Lipinski definition) is 2. The van der Waals surface area contributed by atoms with Gasteiger partial charge in [-0.25, -0.2) is 0 Å². The summed E-state index contributed by atoms with van der Waals surface area (Å²) in [5.41, 5.74) is 5.53. The van der Waals surface area contributed by atoms with Crippen molar-refractivity contribution in [1.82, 2.24) is 5.32 Å². The van der Waals surface area contributed by atoms with Gasteiger partial charge in [0.2, 0.25) is 0 Å². The van der Waals surface area contributed by atoms with E-state index in [1.54, 1.807) is 6.92 Å². The van der Waals surface area contributed by atoms with Crippen LogP contribution in [-0.4, -0.2) is 23.2 Å². The number of hydrogen-bond donors (Lipinski definition) is 2. The summed E-state index contributed by atoms with van der Waals surface area (Å²) in [6.45, 7) is 14.1. The molecule has 0 aromatic heterocycles. The zero-order valence-corrected chi connectivity index (χ0v) is 13.8. The van der Waals surface area contributed by atoms with Gasteiger partial charge < -0.3 is 10.4 Å². The molecular formula is C17H27NO2. The molecule has 20 heavy (non-hydrogen) atoms. The first-order chi connectivity index (χ1) is 9.12. The van der Waals surface area contributed by atoms with E-state index in [1.165, 1.54) is 16.7 Å². The van der Waals surface area contributed by atoms with Gasteiger partial charge >= 0.3 is 0 Å². The van der Waals surface area contributed by atoms with Crippen LogP contribution < -0.4 is 5.32 Å². The van der Waals surface area contributed by atoms with E-state index in [4.69, 9.17) is 0 Å². The van der Waals surface area contributed by atoms with E-state index in [0.29, 0.717) is 6.42 Å². The van der Waals surface area contributed by atoms with Crippen LogP contribution in [0.15, 0.2) is 0 Å². The third-order valence-corrected chi connectivity index (χ3v) is 4.62. The van der Waals surface area contributed by atoms with E-state index in [1.807, 2.05) is 20.8 Å². The van der Waals surface area contributed by atoms with E-state index in [2.05, 4.69) is 26.1 Å². The van der Waals surface area contributed by atoms with Crippen LogP contribution in [0.4, 0.5) is 0 Å². The lowest BCUT2D eigenvalue weighted by Crippen LogP contribution is -2.40. The second-order valence-electron chi connectivity index (χ2n) is 6.03. The lowest BCUT2D eigenvalue weighted by molar-refractivity contribution is 0.0518. The third-order valence-electron chi connectivity index (χ3n) is 4.62. The van der Waals surface area contributed by atoms with E-state index in [9.17, 15) is 9.90 Å². The Labute approximate surface area is 122 Å². The van der Waals surface area contributed by atoms with Crippen molar-refractivity contribution in [2.45, 2.75) is 60.5 Å². The molecule has 112 valence electrons. The van der Waals surface area contributed by atoms with Crippen molar-refractivity contribution in [3.63, 3.8) is 0 Å². The van der Waals surface area contributed by atoms with E-state index < -0.39 is 5.60 Å². The molecular weight excluding hydrogens is 250 g/mol. The summed E-state index contributed by atoms with van der Waals surface area (Å²) < 4.78 is 0. The average Bonchev–Trinajstić information content (AvgIpc) is 2.41. The molecule has 0 aliphatic heterocycles. The monoisotopic (exact) mass is 277 g/mol. The third kappa shape index (κ3) is 3.21. The second kappa shape index (κ2) is 5.96. The van der Waals surface area contributed by atoms with E-state index in [-0.39, 0.29) is 12.5 Å². The number of carbonyl (C=O) groups excluding carboxylic acids is 1. The highest BCUT2D eigenvalue weighted by Gasteiger charge is 2.22. The first kappa shape index (κ1) is 16.7. The minimum absolute atomic E-state index is 0.0973. The van der Waals surface area contributed by atoms with Crippen LogP contribution in [0, 0.1) is 34.6 Å². The molecule has 3 heteroatoms. The van der Waals surface area contributed by atoms with Crippen molar-refractivity contribution in [2.24, 2.45) is 0 Å². The maximum absolute atomic E-state index is 12.4. The maximum atomic E-state index is 12.4. The number of aliphatic hydroxyl groups is 1. The molecule has 0 aliphatic rings. The summed E-state index contributed by atoms with van der Waals surface area (Å²) in [6.07, 6.45) is 0.608. The van der Waals surface area contributed by atoms with Crippen LogP contribution in [0.5, 0.6) is 0 Å². The quantitative estimate of drug-likeness (QED) is 0.888. The molecule has 0 bridgehead atoms. The molecule has 0 saturated heterocycles. The van der Waals surface area contributed by atoms with Gasteiger partial charge in [0.1, 0.15) is 0 Å². The highest BCUT2D eigenvalue weighted by molar-refractivity contribution is 5.98. The van der Waals surface area contributed by atoms with Gasteiger partial charge in [0.25, 0.3) is 5.91 Å². The number of rotatable bonds is 4. The molecule has 2 N–H and O–H groups in total. The Bertz CT molecular complexity index is 501. The molecule has 1 aromatic carbocycles. The molecule has 0 radical (unpaired) electrons. The van der Waals surface area contributed by atoms with Crippen LogP contribution in [0.2, 0.25) is 0 Å². The van der Waals surface area contributed by atoms with Crippen LogP contribution in [0.3, 0.4) is 0 Å². The molecule has 1 atom stereocenters. The molecule has 0 heterocycles. The first-order valence-electron chi connectivity index (χ1n) is 7.20.